The highest BCUT2D eigenvalue weighted by Gasteiger charge is 2.15. The number of halogens is 1. The number of hydrogen-bond donors (Lipinski definition) is 0. The van der Waals surface area contributed by atoms with Crippen LogP contribution in [0.15, 0.2) is 18.2 Å². The monoisotopic (exact) mass is 206 g/mol. The Morgan fingerprint density at radius 1 is 1.29 bits per heavy atom. The van der Waals surface area contributed by atoms with Crippen LogP contribution in [0.3, 0.4) is 0 Å². The molecule has 0 spiro atoms. The van der Waals surface area contributed by atoms with Crippen LogP contribution in [0, 0.1) is 6.92 Å². The van der Waals surface area contributed by atoms with E-state index in [0.29, 0.717) is 6.42 Å². The van der Waals surface area contributed by atoms with Crippen molar-refractivity contribution in [3.63, 3.8) is 0 Å². The van der Waals surface area contributed by atoms with Crippen LogP contribution in [0.4, 0.5) is 0 Å². The van der Waals surface area contributed by atoms with Crippen molar-refractivity contribution in [2.24, 2.45) is 0 Å². The van der Waals surface area contributed by atoms with Gasteiger partial charge in [0.05, 0.1) is 0 Å². The maximum atomic E-state index is 11.3. The van der Waals surface area contributed by atoms with Crippen LogP contribution in [0.25, 0.3) is 5.57 Å². The van der Waals surface area contributed by atoms with Gasteiger partial charge in [0.2, 0.25) is 0 Å². The second-order valence-corrected chi connectivity index (χ2v) is 4.14. The number of ketones is 1. The van der Waals surface area contributed by atoms with Gasteiger partial charge in [0.1, 0.15) is 0 Å². The standard InChI is InChI=1S/C12H11ClO/c1-7-4-10(14)5-9-3-8(2)12(13)6-11(7)9/h3-4,6H,5H2,1-2H3. The first-order valence-corrected chi connectivity index (χ1v) is 4.96. The average molecular weight is 207 g/mol. The fourth-order valence-electron chi connectivity index (χ4n) is 1.81. The van der Waals surface area contributed by atoms with Crippen molar-refractivity contribution in [1.82, 2.24) is 0 Å². The van der Waals surface area contributed by atoms with Crippen LogP contribution in [0.5, 0.6) is 0 Å². The molecular weight excluding hydrogens is 196 g/mol. The lowest BCUT2D eigenvalue weighted by Gasteiger charge is -2.15. The van der Waals surface area contributed by atoms with Gasteiger partial charge in [-0.25, -0.2) is 0 Å². The van der Waals surface area contributed by atoms with Crippen LogP contribution in [-0.2, 0) is 11.2 Å². The van der Waals surface area contributed by atoms with Crippen molar-refractivity contribution in [1.29, 1.82) is 0 Å². The van der Waals surface area contributed by atoms with Crippen LogP contribution in [0.1, 0.15) is 23.6 Å². The second kappa shape index (κ2) is 3.25. The van der Waals surface area contributed by atoms with Gasteiger partial charge >= 0.3 is 0 Å². The van der Waals surface area contributed by atoms with E-state index in [0.717, 1.165) is 27.3 Å². The van der Waals surface area contributed by atoms with E-state index >= 15 is 0 Å². The van der Waals surface area contributed by atoms with Crippen molar-refractivity contribution >= 4 is 23.0 Å². The second-order valence-electron chi connectivity index (χ2n) is 3.73. The van der Waals surface area contributed by atoms with Gasteiger partial charge in [0.15, 0.2) is 5.78 Å². The summed E-state index contributed by atoms with van der Waals surface area (Å²) in [4.78, 5) is 11.3. The van der Waals surface area contributed by atoms with Crippen molar-refractivity contribution in [2.45, 2.75) is 20.3 Å². The highest BCUT2D eigenvalue weighted by Crippen LogP contribution is 2.29. The van der Waals surface area contributed by atoms with Gasteiger partial charge in [-0.05, 0) is 48.3 Å². The first kappa shape index (κ1) is 9.47. The lowest BCUT2D eigenvalue weighted by molar-refractivity contribution is -0.114. The van der Waals surface area contributed by atoms with Crippen molar-refractivity contribution in [3.8, 4) is 0 Å². The lowest BCUT2D eigenvalue weighted by Crippen LogP contribution is -2.08. The van der Waals surface area contributed by atoms with Gasteiger partial charge in [0, 0.05) is 11.4 Å². The van der Waals surface area contributed by atoms with Crippen LogP contribution in [0.2, 0.25) is 5.02 Å². The Balaban J connectivity index is 2.64. The highest BCUT2D eigenvalue weighted by atomic mass is 35.5. The molecule has 14 heavy (non-hydrogen) atoms. The Labute approximate surface area is 88.4 Å². The molecule has 0 saturated heterocycles. The zero-order valence-electron chi connectivity index (χ0n) is 8.23. The third-order valence-corrected chi connectivity index (χ3v) is 2.96. The van der Waals surface area contributed by atoms with E-state index in [1.54, 1.807) is 6.08 Å². The smallest absolute Gasteiger partial charge is 0.160 e. The summed E-state index contributed by atoms with van der Waals surface area (Å²) in [5, 5.41) is 0.769. The molecule has 0 amide bonds. The van der Waals surface area contributed by atoms with Gasteiger partial charge in [-0.15, -0.1) is 0 Å². The molecule has 0 heterocycles. The summed E-state index contributed by atoms with van der Waals surface area (Å²) in [6, 6.07) is 3.95. The SMILES string of the molecule is CC1=CC(=O)Cc2cc(C)c(Cl)cc21. The number of carbonyl (C=O) groups is 1. The molecule has 1 aromatic carbocycles. The fourth-order valence-corrected chi connectivity index (χ4v) is 1.98. The maximum absolute atomic E-state index is 11.3. The van der Waals surface area contributed by atoms with Gasteiger partial charge in [0.25, 0.3) is 0 Å². The summed E-state index contributed by atoms with van der Waals surface area (Å²) in [6.45, 7) is 3.91. The number of hydrogen-bond acceptors (Lipinski definition) is 1. The summed E-state index contributed by atoms with van der Waals surface area (Å²) in [5.41, 5.74) is 4.25. The minimum atomic E-state index is 0.178. The van der Waals surface area contributed by atoms with Crippen LogP contribution < -0.4 is 0 Å². The number of allylic oxidation sites excluding steroid dienone is 2. The Morgan fingerprint density at radius 3 is 2.71 bits per heavy atom. The molecular formula is C12H11ClO. The zero-order valence-corrected chi connectivity index (χ0v) is 8.98. The molecule has 2 heteroatoms. The zero-order chi connectivity index (χ0) is 10.3. The van der Waals surface area contributed by atoms with Crippen molar-refractivity contribution in [2.75, 3.05) is 0 Å². The molecule has 1 aromatic rings. The summed E-state index contributed by atoms with van der Waals surface area (Å²) < 4.78 is 0. The van der Waals surface area contributed by atoms with E-state index in [1.165, 1.54) is 0 Å². The first-order chi connectivity index (χ1) is 6.58. The van der Waals surface area contributed by atoms with Crippen LogP contribution >= 0.6 is 11.6 Å². The average Bonchev–Trinajstić information content (AvgIpc) is 2.08. The number of benzene rings is 1. The van der Waals surface area contributed by atoms with Crippen LogP contribution in [-0.4, -0.2) is 5.78 Å². The molecule has 0 unspecified atom stereocenters. The summed E-state index contributed by atoms with van der Waals surface area (Å²) in [5.74, 6) is 0.178. The summed E-state index contributed by atoms with van der Waals surface area (Å²) >= 11 is 6.04. The maximum Gasteiger partial charge on any atom is 0.160 e. The minimum Gasteiger partial charge on any atom is -0.294 e. The molecule has 0 atom stereocenters. The van der Waals surface area contributed by atoms with E-state index in [4.69, 9.17) is 11.6 Å². The van der Waals surface area contributed by atoms with Gasteiger partial charge in [-0.1, -0.05) is 17.7 Å². The molecule has 1 nitrogen and oxygen atoms in total. The van der Waals surface area contributed by atoms with Gasteiger partial charge < -0.3 is 0 Å². The molecule has 2 rings (SSSR count). The minimum absolute atomic E-state index is 0.178. The third-order valence-electron chi connectivity index (χ3n) is 2.55. The Kier molecular flexibility index (Phi) is 2.20. The van der Waals surface area contributed by atoms with Gasteiger partial charge in [-0.2, -0.15) is 0 Å². The van der Waals surface area contributed by atoms with E-state index in [9.17, 15) is 4.79 Å². The van der Waals surface area contributed by atoms with Gasteiger partial charge in [-0.3, -0.25) is 4.79 Å². The normalized spacial score (nSPS) is 15.1. The summed E-state index contributed by atoms with van der Waals surface area (Å²) in [7, 11) is 0. The number of rotatable bonds is 0. The van der Waals surface area contributed by atoms with Crippen molar-refractivity contribution < 1.29 is 4.79 Å². The Morgan fingerprint density at radius 2 is 2.00 bits per heavy atom. The Hall–Kier alpha value is -1.08. The number of aryl methyl sites for hydroxylation is 1. The fraction of sp³-hybridized carbons (Fsp3) is 0.250. The molecule has 72 valence electrons. The molecule has 0 radical (unpaired) electrons. The quantitative estimate of drug-likeness (QED) is 0.637. The molecule has 0 fully saturated rings. The molecule has 0 aliphatic heterocycles. The summed E-state index contributed by atoms with van der Waals surface area (Å²) in [6.07, 6.45) is 2.19. The molecule has 0 aromatic heterocycles. The predicted molar refractivity (Wildman–Crippen MR) is 58.6 cm³/mol. The number of fused-ring (bicyclic) bond motifs is 1. The van der Waals surface area contributed by atoms with E-state index < -0.39 is 0 Å². The van der Waals surface area contributed by atoms with E-state index in [1.807, 2.05) is 26.0 Å². The van der Waals surface area contributed by atoms with Crippen molar-refractivity contribution in [3.05, 3.63) is 39.9 Å². The van der Waals surface area contributed by atoms with E-state index in [-0.39, 0.29) is 5.78 Å². The molecule has 0 N–H and O–H groups in total. The molecule has 0 saturated carbocycles. The highest BCUT2D eigenvalue weighted by molar-refractivity contribution is 6.31. The topological polar surface area (TPSA) is 17.1 Å². The molecule has 1 aliphatic rings. The Bertz CT molecular complexity index is 444. The first-order valence-electron chi connectivity index (χ1n) is 4.58. The lowest BCUT2D eigenvalue weighted by atomic mass is 9.90. The molecule has 1 aliphatic carbocycles. The van der Waals surface area contributed by atoms with E-state index in [2.05, 4.69) is 0 Å². The third kappa shape index (κ3) is 1.48. The molecule has 0 bridgehead atoms. The largest absolute Gasteiger partial charge is 0.294 e. The number of carbonyl (C=O) groups excluding carboxylic acids is 1. The predicted octanol–water partition coefficient (Wildman–Crippen LogP) is 3.18.